The summed E-state index contributed by atoms with van der Waals surface area (Å²) in [6.07, 6.45) is 13.5. The van der Waals surface area contributed by atoms with Crippen LogP contribution in [0.1, 0.15) is 78.1 Å². The number of hydrogen-bond acceptors (Lipinski definition) is 2. The Hall–Kier alpha value is -0.530. The second-order valence-corrected chi connectivity index (χ2v) is 6.73. The van der Waals surface area contributed by atoms with E-state index in [0.717, 1.165) is 30.6 Å². The van der Waals surface area contributed by atoms with Crippen LogP contribution in [-0.2, 0) is 9.53 Å². The Balaban J connectivity index is 1.77. The van der Waals surface area contributed by atoms with Crippen molar-refractivity contribution in [3.05, 3.63) is 0 Å². The Morgan fingerprint density at radius 3 is 2.42 bits per heavy atom. The van der Waals surface area contributed by atoms with Gasteiger partial charge in [-0.3, -0.25) is 4.79 Å². The third-order valence-electron chi connectivity index (χ3n) is 5.25. The Labute approximate surface area is 118 Å². The quantitative estimate of drug-likeness (QED) is 0.688. The minimum atomic E-state index is -0.0997. The van der Waals surface area contributed by atoms with Crippen molar-refractivity contribution in [1.82, 2.24) is 0 Å². The van der Waals surface area contributed by atoms with Crippen LogP contribution >= 0.6 is 0 Å². The van der Waals surface area contributed by atoms with Crippen LogP contribution in [0.2, 0.25) is 0 Å². The molecule has 2 rings (SSSR count). The van der Waals surface area contributed by atoms with Crippen molar-refractivity contribution in [2.24, 2.45) is 17.8 Å². The van der Waals surface area contributed by atoms with Crippen molar-refractivity contribution in [3.8, 4) is 0 Å². The molecular formula is C17H30O2. The average Bonchev–Trinajstić information content (AvgIpc) is 2.39. The lowest BCUT2D eigenvalue weighted by molar-refractivity contribution is -0.149. The summed E-state index contributed by atoms with van der Waals surface area (Å²) in [7, 11) is 0. The fourth-order valence-electron chi connectivity index (χ4n) is 4.31. The molecule has 0 aromatic carbocycles. The predicted molar refractivity (Wildman–Crippen MR) is 77.9 cm³/mol. The zero-order chi connectivity index (χ0) is 13.7. The highest BCUT2D eigenvalue weighted by atomic mass is 16.5. The van der Waals surface area contributed by atoms with E-state index in [9.17, 15) is 4.79 Å². The van der Waals surface area contributed by atoms with Gasteiger partial charge in [0, 0.05) is 6.92 Å². The minimum Gasteiger partial charge on any atom is -0.463 e. The highest BCUT2D eigenvalue weighted by molar-refractivity contribution is 5.66. The van der Waals surface area contributed by atoms with Crippen LogP contribution in [0, 0.1) is 17.8 Å². The standard InChI is InChI=1S/C17H30O2/c1-3-5-14-8-10-15(11-9-14)16-6-4-7-17(12-16)19-13(2)18/h14-17H,3-12H2,1-2H3/t14?,15?,16-,17-/m1/s1. The summed E-state index contributed by atoms with van der Waals surface area (Å²) in [5.74, 6) is 2.62. The van der Waals surface area contributed by atoms with Gasteiger partial charge in [-0.05, 0) is 56.3 Å². The van der Waals surface area contributed by atoms with Crippen LogP contribution in [0.15, 0.2) is 0 Å². The first kappa shape index (κ1) is 14.9. The number of esters is 1. The Kier molecular flexibility index (Phi) is 5.72. The molecule has 0 unspecified atom stereocenters. The molecule has 2 saturated carbocycles. The molecular weight excluding hydrogens is 236 g/mol. The molecule has 0 saturated heterocycles. The first-order valence-corrected chi connectivity index (χ1v) is 8.36. The van der Waals surface area contributed by atoms with Crippen LogP contribution in [0.3, 0.4) is 0 Å². The van der Waals surface area contributed by atoms with Gasteiger partial charge in [0.15, 0.2) is 0 Å². The number of carbonyl (C=O) groups is 1. The maximum atomic E-state index is 11.1. The molecule has 19 heavy (non-hydrogen) atoms. The van der Waals surface area contributed by atoms with Crippen molar-refractivity contribution in [1.29, 1.82) is 0 Å². The van der Waals surface area contributed by atoms with E-state index in [2.05, 4.69) is 6.92 Å². The Morgan fingerprint density at radius 2 is 1.79 bits per heavy atom. The van der Waals surface area contributed by atoms with Gasteiger partial charge in [0.1, 0.15) is 6.10 Å². The lowest BCUT2D eigenvalue weighted by atomic mass is 9.70. The maximum absolute atomic E-state index is 11.1. The molecule has 0 spiro atoms. The third kappa shape index (κ3) is 4.50. The fourth-order valence-corrected chi connectivity index (χ4v) is 4.31. The molecule has 2 aliphatic rings. The van der Waals surface area contributed by atoms with Gasteiger partial charge in [-0.15, -0.1) is 0 Å². The highest BCUT2D eigenvalue weighted by Crippen LogP contribution is 2.41. The molecule has 0 aliphatic heterocycles. The molecule has 110 valence electrons. The van der Waals surface area contributed by atoms with Crippen molar-refractivity contribution in [2.45, 2.75) is 84.2 Å². The van der Waals surface area contributed by atoms with Gasteiger partial charge < -0.3 is 4.74 Å². The molecule has 0 aromatic rings. The van der Waals surface area contributed by atoms with Crippen LogP contribution in [0.5, 0.6) is 0 Å². The molecule has 2 nitrogen and oxygen atoms in total. The highest BCUT2D eigenvalue weighted by Gasteiger charge is 2.32. The van der Waals surface area contributed by atoms with E-state index in [0.29, 0.717) is 0 Å². The van der Waals surface area contributed by atoms with Gasteiger partial charge in [-0.1, -0.05) is 32.6 Å². The number of rotatable bonds is 4. The minimum absolute atomic E-state index is 0.0997. The van der Waals surface area contributed by atoms with Gasteiger partial charge >= 0.3 is 5.97 Å². The van der Waals surface area contributed by atoms with E-state index >= 15 is 0 Å². The van der Waals surface area contributed by atoms with Gasteiger partial charge in [-0.2, -0.15) is 0 Å². The number of carbonyl (C=O) groups excluding carboxylic acids is 1. The summed E-state index contributed by atoms with van der Waals surface area (Å²) in [6, 6.07) is 0. The summed E-state index contributed by atoms with van der Waals surface area (Å²) < 4.78 is 5.43. The molecule has 2 aliphatic carbocycles. The molecule has 0 heterocycles. The fraction of sp³-hybridized carbons (Fsp3) is 0.941. The topological polar surface area (TPSA) is 26.3 Å². The van der Waals surface area contributed by atoms with E-state index < -0.39 is 0 Å². The van der Waals surface area contributed by atoms with E-state index in [1.165, 1.54) is 51.4 Å². The SMILES string of the molecule is CCCC1CCC([C@@H]2CCC[C@@H](OC(C)=O)C2)CC1. The van der Waals surface area contributed by atoms with E-state index in [-0.39, 0.29) is 12.1 Å². The van der Waals surface area contributed by atoms with E-state index in [1.54, 1.807) is 6.92 Å². The predicted octanol–water partition coefficient (Wildman–Crippen LogP) is 4.71. The van der Waals surface area contributed by atoms with Crippen molar-refractivity contribution in [2.75, 3.05) is 0 Å². The molecule has 2 heteroatoms. The van der Waals surface area contributed by atoms with Crippen molar-refractivity contribution >= 4 is 5.97 Å². The van der Waals surface area contributed by atoms with Crippen molar-refractivity contribution in [3.63, 3.8) is 0 Å². The summed E-state index contributed by atoms with van der Waals surface area (Å²) in [4.78, 5) is 11.1. The second kappa shape index (κ2) is 7.31. The lowest BCUT2D eigenvalue weighted by Gasteiger charge is -2.38. The van der Waals surface area contributed by atoms with Gasteiger partial charge in [0.2, 0.25) is 0 Å². The van der Waals surface area contributed by atoms with Gasteiger partial charge in [0.25, 0.3) is 0 Å². The second-order valence-electron chi connectivity index (χ2n) is 6.73. The van der Waals surface area contributed by atoms with Gasteiger partial charge in [-0.25, -0.2) is 0 Å². The van der Waals surface area contributed by atoms with Crippen LogP contribution < -0.4 is 0 Å². The molecule has 0 radical (unpaired) electrons. The number of hydrogen-bond donors (Lipinski definition) is 0. The Bertz CT molecular complexity index is 279. The molecule has 0 amide bonds. The van der Waals surface area contributed by atoms with E-state index in [4.69, 9.17) is 4.74 Å². The zero-order valence-corrected chi connectivity index (χ0v) is 12.7. The summed E-state index contributed by atoms with van der Waals surface area (Å²) in [5.41, 5.74) is 0. The maximum Gasteiger partial charge on any atom is 0.302 e. The Morgan fingerprint density at radius 1 is 1.05 bits per heavy atom. The van der Waals surface area contributed by atoms with Gasteiger partial charge in [0.05, 0.1) is 0 Å². The number of ether oxygens (including phenoxy) is 1. The molecule has 0 aromatic heterocycles. The first-order chi connectivity index (χ1) is 9.19. The smallest absolute Gasteiger partial charge is 0.302 e. The molecule has 2 atom stereocenters. The van der Waals surface area contributed by atoms with Crippen LogP contribution in [0.4, 0.5) is 0 Å². The zero-order valence-electron chi connectivity index (χ0n) is 12.7. The van der Waals surface area contributed by atoms with E-state index in [1.807, 2.05) is 0 Å². The molecule has 0 N–H and O–H groups in total. The lowest BCUT2D eigenvalue weighted by Crippen LogP contribution is -2.30. The third-order valence-corrected chi connectivity index (χ3v) is 5.25. The molecule has 2 fully saturated rings. The van der Waals surface area contributed by atoms with Crippen LogP contribution in [0.25, 0.3) is 0 Å². The van der Waals surface area contributed by atoms with Crippen molar-refractivity contribution < 1.29 is 9.53 Å². The average molecular weight is 266 g/mol. The summed E-state index contributed by atoms with van der Waals surface area (Å²) in [6.45, 7) is 3.84. The monoisotopic (exact) mass is 266 g/mol. The molecule has 0 bridgehead atoms. The first-order valence-electron chi connectivity index (χ1n) is 8.36. The summed E-state index contributed by atoms with van der Waals surface area (Å²) >= 11 is 0. The largest absolute Gasteiger partial charge is 0.463 e. The normalized spacial score (nSPS) is 35.9. The van der Waals surface area contributed by atoms with Crippen LogP contribution in [-0.4, -0.2) is 12.1 Å². The summed E-state index contributed by atoms with van der Waals surface area (Å²) in [5, 5.41) is 0.